The molecule has 2 rings (SSSR count). The van der Waals surface area contributed by atoms with Crippen LogP contribution in [0.25, 0.3) is 0 Å². The van der Waals surface area contributed by atoms with Crippen molar-refractivity contribution >= 4 is 17.3 Å². The van der Waals surface area contributed by atoms with E-state index < -0.39 is 17.0 Å². The minimum atomic E-state index is -4.84. The first kappa shape index (κ1) is 17.7. The molecule has 0 saturated heterocycles. The second-order valence-corrected chi connectivity index (χ2v) is 4.74. The molecule has 128 valence electrons. The van der Waals surface area contributed by atoms with Gasteiger partial charge in [0.05, 0.1) is 17.1 Å². The molecule has 0 aliphatic heterocycles. The number of hydrogen-bond acceptors (Lipinski definition) is 5. The van der Waals surface area contributed by atoms with E-state index in [4.69, 9.17) is 21.1 Å². The maximum absolute atomic E-state index is 12.1. The van der Waals surface area contributed by atoms with Crippen LogP contribution in [0.2, 0.25) is 5.02 Å². The summed E-state index contributed by atoms with van der Waals surface area (Å²) in [4.78, 5) is 10.2. The van der Waals surface area contributed by atoms with Crippen LogP contribution >= 0.6 is 11.6 Å². The van der Waals surface area contributed by atoms with Crippen molar-refractivity contribution in [2.75, 3.05) is 7.11 Å². The van der Waals surface area contributed by atoms with Crippen molar-refractivity contribution in [3.05, 3.63) is 51.5 Å². The molecule has 0 saturated carbocycles. The topological polar surface area (TPSA) is 70.8 Å². The SMILES string of the molecule is COc1cc(Oc2ccc(OC(F)(F)F)cc2Cl)ccc1[N+](=O)[O-]. The highest BCUT2D eigenvalue weighted by Gasteiger charge is 2.31. The standard InChI is InChI=1S/C14H9ClF3NO5/c1-22-13-7-8(2-4-11(13)19(20)21)23-12-5-3-9(6-10(12)15)24-14(16,17)18/h2-7H,1H3. The molecular formula is C14H9ClF3NO5. The van der Waals surface area contributed by atoms with Gasteiger partial charge in [-0.15, -0.1) is 13.2 Å². The third kappa shape index (κ3) is 4.42. The number of alkyl halides is 3. The fourth-order valence-corrected chi connectivity index (χ4v) is 1.97. The zero-order valence-electron chi connectivity index (χ0n) is 12.0. The summed E-state index contributed by atoms with van der Waals surface area (Å²) in [6.45, 7) is 0. The molecule has 0 N–H and O–H groups in total. The van der Waals surface area contributed by atoms with E-state index in [1.807, 2.05) is 0 Å². The van der Waals surface area contributed by atoms with Crippen LogP contribution in [0.4, 0.5) is 18.9 Å². The van der Waals surface area contributed by atoms with Gasteiger partial charge in [-0.1, -0.05) is 11.6 Å². The smallest absolute Gasteiger partial charge is 0.490 e. The summed E-state index contributed by atoms with van der Waals surface area (Å²) in [5, 5.41) is 10.7. The summed E-state index contributed by atoms with van der Waals surface area (Å²) >= 11 is 5.85. The Hall–Kier alpha value is -2.68. The Morgan fingerprint density at radius 3 is 2.29 bits per heavy atom. The molecule has 0 atom stereocenters. The average molecular weight is 364 g/mol. The molecule has 0 fully saturated rings. The van der Waals surface area contributed by atoms with E-state index in [2.05, 4.69) is 4.74 Å². The van der Waals surface area contributed by atoms with Crippen LogP contribution in [0.1, 0.15) is 0 Å². The van der Waals surface area contributed by atoms with E-state index in [0.717, 1.165) is 12.1 Å². The van der Waals surface area contributed by atoms with Crippen LogP contribution in [-0.4, -0.2) is 18.4 Å². The van der Waals surface area contributed by atoms with Crippen LogP contribution in [-0.2, 0) is 0 Å². The molecule has 0 spiro atoms. The molecule has 0 unspecified atom stereocenters. The van der Waals surface area contributed by atoms with Crippen molar-refractivity contribution in [1.82, 2.24) is 0 Å². The van der Waals surface area contributed by atoms with Gasteiger partial charge < -0.3 is 14.2 Å². The Balaban J connectivity index is 2.24. The van der Waals surface area contributed by atoms with Crippen molar-refractivity contribution < 1.29 is 32.3 Å². The monoisotopic (exact) mass is 363 g/mol. The molecule has 2 aromatic rings. The van der Waals surface area contributed by atoms with Crippen LogP contribution in [0.5, 0.6) is 23.0 Å². The van der Waals surface area contributed by atoms with Gasteiger partial charge in [-0.3, -0.25) is 10.1 Å². The lowest BCUT2D eigenvalue weighted by Crippen LogP contribution is -2.17. The molecule has 0 heterocycles. The summed E-state index contributed by atoms with van der Waals surface area (Å²) in [6, 6.07) is 6.87. The van der Waals surface area contributed by atoms with Gasteiger partial charge in [0.1, 0.15) is 17.2 Å². The van der Waals surface area contributed by atoms with E-state index in [-0.39, 0.29) is 28.0 Å². The highest BCUT2D eigenvalue weighted by Crippen LogP contribution is 2.37. The molecule has 0 aliphatic rings. The lowest BCUT2D eigenvalue weighted by atomic mass is 10.2. The Kier molecular flexibility index (Phi) is 5.03. The summed E-state index contributed by atoms with van der Waals surface area (Å²) in [5.41, 5.74) is -0.259. The number of rotatable bonds is 5. The molecule has 10 heteroatoms. The zero-order valence-corrected chi connectivity index (χ0v) is 12.7. The number of methoxy groups -OCH3 is 1. The quantitative estimate of drug-likeness (QED) is 0.555. The van der Waals surface area contributed by atoms with Crippen molar-refractivity contribution in [2.24, 2.45) is 0 Å². The minimum Gasteiger partial charge on any atom is -0.490 e. The van der Waals surface area contributed by atoms with Gasteiger partial charge in [0, 0.05) is 18.2 Å². The molecule has 0 aliphatic carbocycles. The number of nitrogens with zero attached hydrogens (tertiary/aromatic N) is 1. The molecule has 2 aromatic carbocycles. The molecule has 0 radical (unpaired) electrons. The molecule has 0 amide bonds. The largest absolute Gasteiger partial charge is 0.573 e. The Bertz CT molecular complexity index is 767. The van der Waals surface area contributed by atoms with Crippen molar-refractivity contribution in [2.45, 2.75) is 6.36 Å². The summed E-state index contributed by atoms with van der Waals surface area (Å²) in [7, 11) is 1.25. The molecule has 24 heavy (non-hydrogen) atoms. The van der Waals surface area contributed by atoms with Gasteiger partial charge >= 0.3 is 12.0 Å². The average Bonchev–Trinajstić information content (AvgIpc) is 2.48. The molecule has 6 nitrogen and oxygen atoms in total. The van der Waals surface area contributed by atoms with Crippen molar-refractivity contribution in [1.29, 1.82) is 0 Å². The van der Waals surface area contributed by atoms with Crippen molar-refractivity contribution in [3.63, 3.8) is 0 Å². The lowest BCUT2D eigenvalue weighted by molar-refractivity contribution is -0.385. The predicted octanol–water partition coefficient (Wildman–Crippen LogP) is 4.95. The number of nitro groups is 1. The lowest BCUT2D eigenvalue weighted by Gasteiger charge is -2.12. The van der Waals surface area contributed by atoms with Crippen LogP contribution in [0.15, 0.2) is 36.4 Å². The van der Waals surface area contributed by atoms with E-state index in [1.54, 1.807) is 0 Å². The van der Waals surface area contributed by atoms with Gasteiger partial charge in [0.25, 0.3) is 0 Å². The molecular weight excluding hydrogens is 355 g/mol. The fraction of sp³-hybridized carbons (Fsp3) is 0.143. The van der Waals surface area contributed by atoms with Gasteiger partial charge in [-0.25, -0.2) is 0 Å². The normalized spacial score (nSPS) is 11.0. The third-order valence-electron chi connectivity index (χ3n) is 2.71. The van der Waals surface area contributed by atoms with E-state index >= 15 is 0 Å². The number of nitro benzene ring substituents is 1. The van der Waals surface area contributed by atoms with Gasteiger partial charge in [0.15, 0.2) is 0 Å². The van der Waals surface area contributed by atoms with Crippen LogP contribution in [0, 0.1) is 10.1 Å². The second-order valence-electron chi connectivity index (χ2n) is 4.33. The van der Waals surface area contributed by atoms with Gasteiger partial charge in [-0.2, -0.15) is 0 Å². The molecule has 0 aromatic heterocycles. The van der Waals surface area contributed by atoms with E-state index in [0.29, 0.717) is 0 Å². The first-order valence-electron chi connectivity index (χ1n) is 6.25. The van der Waals surface area contributed by atoms with Gasteiger partial charge in [-0.05, 0) is 18.2 Å². The van der Waals surface area contributed by atoms with Crippen LogP contribution < -0.4 is 14.2 Å². The third-order valence-corrected chi connectivity index (χ3v) is 3.01. The Labute approximate surface area is 138 Å². The fourth-order valence-electron chi connectivity index (χ4n) is 1.76. The summed E-state index contributed by atoms with van der Waals surface area (Å²) in [6.07, 6.45) is -4.84. The predicted molar refractivity (Wildman–Crippen MR) is 77.9 cm³/mol. The highest BCUT2D eigenvalue weighted by molar-refractivity contribution is 6.32. The maximum atomic E-state index is 12.1. The Morgan fingerprint density at radius 1 is 1.08 bits per heavy atom. The van der Waals surface area contributed by atoms with E-state index in [9.17, 15) is 23.3 Å². The summed E-state index contributed by atoms with van der Waals surface area (Å²) < 4.78 is 50.4. The number of halogens is 4. The van der Waals surface area contributed by atoms with E-state index in [1.165, 1.54) is 31.4 Å². The molecule has 0 bridgehead atoms. The minimum absolute atomic E-state index is 0.0364. The second kappa shape index (κ2) is 6.83. The van der Waals surface area contributed by atoms with Crippen molar-refractivity contribution in [3.8, 4) is 23.0 Å². The maximum Gasteiger partial charge on any atom is 0.573 e. The number of hydrogen-bond donors (Lipinski definition) is 0. The van der Waals surface area contributed by atoms with Crippen LogP contribution in [0.3, 0.4) is 0 Å². The highest BCUT2D eigenvalue weighted by atomic mass is 35.5. The zero-order chi connectivity index (χ0) is 17.9. The Morgan fingerprint density at radius 2 is 1.75 bits per heavy atom. The van der Waals surface area contributed by atoms with Gasteiger partial charge in [0.2, 0.25) is 5.75 Å². The first-order chi connectivity index (χ1) is 11.2. The number of benzene rings is 2. The first-order valence-corrected chi connectivity index (χ1v) is 6.63. The summed E-state index contributed by atoms with van der Waals surface area (Å²) in [5.74, 6) is -0.335. The number of ether oxygens (including phenoxy) is 3.